The average molecular weight is 590 g/mol. The Morgan fingerprint density at radius 3 is 2.08 bits per heavy atom. The van der Waals surface area contributed by atoms with Gasteiger partial charge in [0.1, 0.15) is 17.5 Å². The summed E-state index contributed by atoms with van der Waals surface area (Å²) in [5, 5.41) is 8.42. The van der Waals surface area contributed by atoms with E-state index in [9.17, 15) is 22.2 Å². The third-order valence-electron chi connectivity index (χ3n) is 5.41. The minimum atomic E-state index is -4.54. The highest BCUT2D eigenvalue weighted by atomic mass is 32.2. The molecule has 3 unspecified atom stereocenters. The second-order valence-electron chi connectivity index (χ2n) is 8.88. The third kappa shape index (κ3) is 14.6. The van der Waals surface area contributed by atoms with Crippen molar-refractivity contribution < 1.29 is 31.6 Å². The zero-order chi connectivity index (χ0) is 30.7. The lowest BCUT2D eigenvalue weighted by molar-refractivity contribution is -0.161. The molecular formula is C29H46F3N3O4S. The van der Waals surface area contributed by atoms with Crippen LogP contribution in [0.5, 0.6) is 11.5 Å². The van der Waals surface area contributed by atoms with Crippen LogP contribution in [0.25, 0.3) is 0 Å². The molecule has 0 bridgehead atoms. The molecule has 0 aliphatic carbocycles. The Balaban J connectivity index is 0.00000195. The first-order valence-electron chi connectivity index (χ1n) is 13.3. The first-order chi connectivity index (χ1) is 18.9. The van der Waals surface area contributed by atoms with Crippen molar-refractivity contribution in [2.45, 2.75) is 59.3 Å². The van der Waals surface area contributed by atoms with E-state index in [1.54, 1.807) is 49.8 Å². The molecule has 40 heavy (non-hydrogen) atoms. The molecular weight excluding hydrogens is 543 g/mol. The normalized spacial score (nSPS) is 13.0. The summed E-state index contributed by atoms with van der Waals surface area (Å²) in [5.41, 5.74) is 0.783. The molecule has 0 heterocycles. The van der Waals surface area contributed by atoms with E-state index in [-0.39, 0.29) is 24.4 Å². The molecule has 228 valence electrons. The maximum Gasteiger partial charge on any atom is 0.407 e. The van der Waals surface area contributed by atoms with Crippen LogP contribution in [0.1, 0.15) is 52.6 Å². The number of nitrogens with one attached hydrogen (secondary N) is 3. The summed E-state index contributed by atoms with van der Waals surface area (Å²) in [6.45, 7) is 10.2. The molecule has 0 aliphatic heterocycles. The van der Waals surface area contributed by atoms with Crippen LogP contribution < -0.4 is 25.4 Å². The maximum absolute atomic E-state index is 13.8. The Labute approximate surface area is 240 Å². The molecule has 0 saturated carbocycles. The molecule has 11 heteroatoms. The van der Waals surface area contributed by atoms with Gasteiger partial charge in [-0.15, -0.1) is 0 Å². The largest absolute Gasteiger partial charge is 0.497 e. The quantitative estimate of drug-likeness (QED) is 0.250. The topological polar surface area (TPSA) is 88.7 Å². The minimum Gasteiger partial charge on any atom is -0.497 e. The first-order valence-corrected chi connectivity index (χ1v) is 15.1. The second kappa shape index (κ2) is 20.1. The lowest BCUT2D eigenvalue weighted by atomic mass is 9.99. The number of hydrogen-bond acceptors (Lipinski definition) is 6. The second-order valence-corrected chi connectivity index (χ2v) is 10.6. The average Bonchev–Trinajstić information content (AvgIpc) is 2.94. The van der Waals surface area contributed by atoms with Gasteiger partial charge < -0.3 is 20.1 Å². The van der Waals surface area contributed by atoms with Crippen molar-refractivity contribution in [3.63, 3.8) is 0 Å². The molecule has 0 aromatic heterocycles. The Kier molecular flexibility index (Phi) is 18.7. The van der Waals surface area contributed by atoms with Gasteiger partial charge in [0.15, 0.2) is 0 Å². The van der Waals surface area contributed by atoms with Gasteiger partial charge >= 0.3 is 6.18 Å². The van der Waals surface area contributed by atoms with Gasteiger partial charge in [-0.1, -0.05) is 65.0 Å². The number of anilines is 1. The van der Waals surface area contributed by atoms with E-state index in [0.29, 0.717) is 23.7 Å². The van der Waals surface area contributed by atoms with Gasteiger partial charge in [-0.2, -0.15) is 13.2 Å². The molecule has 0 fully saturated rings. The summed E-state index contributed by atoms with van der Waals surface area (Å²) in [6, 6.07) is 9.91. The molecule has 3 N–H and O–H groups in total. The molecule has 0 aliphatic rings. The number of carbonyl (C=O) groups excluding carboxylic acids is 1. The molecule has 0 spiro atoms. The van der Waals surface area contributed by atoms with Crippen molar-refractivity contribution in [3.05, 3.63) is 54.1 Å². The Bertz CT molecular complexity index is 992. The Hall–Kier alpha value is -2.79. The highest BCUT2D eigenvalue weighted by Gasteiger charge is 2.42. The van der Waals surface area contributed by atoms with Crippen LogP contribution in [0.2, 0.25) is 0 Å². The molecule has 2 aromatic rings. The highest BCUT2D eigenvalue weighted by molar-refractivity contribution is 7.84. The summed E-state index contributed by atoms with van der Waals surface area (Å²) < 4.78 is 61.7. The molecule has 1 amide bonds. The van der Waals surface area contributed by atoms with Crippen LogP contribution in [0.15, 0.2) is 48.5 Å². The van der Waals surface area contributed by atoms with Crippen LogP contribution in [-0.2, 0) is 15.6 Å². The van der Waals surface area contributed by atoms with E-state index in [2.05, 4.69) is 16.0 Å². The van der Waals surface area contributed by atoms with Crippen LogP contribution in [-0.4, -0.2) is 61.7 Å². The van der Waals surface area contributed by atoms with Gasteiger partial charge in [0.25, 0.3) is 0 Å². The fraction of sp³-hybridized carbons (Fsp3) is 0.552. The molecule has 2 aromatic carbocycles. The Morgan fingerprint density at radius 1 is 1.00 bits per heavy atom. The lowest BCUT2D eigenvalue weighted by Gasteiger charge is -2.28. The van der Waals surface area contributed by atoms with Crippen molar-refractivity contribution in [3.8, 4) is 11.5 Å². The summed E-state index contributed by atoms with van der Waals surface area (Å²) >= 11 is 0. The van der Waals surface area contributed by atoms with E-state index >= 15 is 0 Å². The number of amides is 1. The van der Waals surface area contributed by atoms with Crippen molar-refractivity contribution in [2.24, 2.45) is 5.92 Å². The molecule has 0 radical (unpaired) electrons. The molecule has 3 atom stereocenters. The maximum atomic E-state index is 13.8. The Morgan fingerprint density at radius 2 is 1.60 bits per heavy atom. The summed E-state index contributed by atoms with van der Waals surface area (Å²) in [7, 11) is 2.52. The fourth-order valence-electron chi connectivity index (χ4n) is 3.40. The predicted octanol–water partition coefficient (Wildman–Crippen LogP) is 5.95. The number of alkyl halides is 3. The number of halogens is 3. The number of methoxy groups -OCH3 is 2. The fourth-order valence-corrected chi connectivity index (χ4v) is 3.40. The zero-order valence-corrected chi connectivity index (χ0v) is 25.7. The SMILES string of the molecule is CC.CCS(C)=O.COc1ccc(NCCNC(=O)C(CC(C)C)NC(c2ccccc2)C(F)(F)F)c(OC)c1. The van der Waals surface area contributed by atoms with Gasteiger partial charge in [-0.3, -0.25) is 14.3 Å². The van der Waals surface area contributed by atoms with Crippen molar-refractivity contribution in [1.29, 1.82) is 0 Å². The number of benzene rings is 2. The minimum absolute atomic E-state index is 0.0274. The smallest absolute Gasteiger partial charge is 0.407 e. The van der Waals surface area contributed by atoms with Gasteiger partial charge in [-0.05, 0) is 30.0 Å². The van der Waals surface area contributed by atoms with Crippen LogP contribution >= 0.6 is 0 Å². The lowest BCUT2D eigenvalue weighted by Crippen LogP contribution is -2.50. The highest BCUT2D eigenvalue weighted by Crippen LogP contribution is 2.33. The van der Waals surface area contributed by atoms with E-state index in [4.69, 9.17) is 9.47 Å². The van der Waals surface area contributed by atoms with Crippen LogP contribution in [0.4, 0.5) is 18.9 Å². The van der Waals surface area contributed by atoms with E-state index in [1.807, 2.05) is 34.6 Å². The van der Waals surface area contributed by atoms with Gasteiger partial charge in [-0.25, -0.2) is 0 Å². The standard InChI is InChI=1S/C24H32F3N3O3.C3H8OS.C2H6/c1-16(2)14-20(30-22(24(25,26)27)17-8-6-5-7-9-17)23(31)29-13-12-28-19-11-10-18(32-3)15-21(19)33-4;1-3-5(2)4;1-2/h5-11,15-16,20,22,28,30H,12-14H2,1-4H3,(H,29,31);3H2,1-2H3;1-2H3. The van der Waals surface area contributed by atoms with E-state index in [0.717, 1.165) is 5.75 Å². The van der Waals surface area contributed by atoms with Gasteiger partial charge in [0.2, 0.25) is 5.91 Å². The van der Waals surface area contributed by atoms with Crippen molar-refractivity contribution in [1.82, 2.24) is 10.6 Å². The molecule has 7 nitrogen and oxygen atoms in total. The summed E-state index contributed by atoms with van der Waals surface area (Å²) in [5.74, 6) is 1.55. The molecule has 2 rings (SSSR count). The predicted molar refractivity (Wildman–Crippen MR) is 159 cm³/mol. The van der Waals surface area contributed by atoms with E-state index in [1.165, 1.54) is 19.2 Å². The van der Waals surface area contributed by atoms with Gasteiger partial charge in [0, 0.05) is 42.0 Å². The zero-order valence-electron chi connectivity index (χ0n) is 24.9. The number of hydrogen-bond donors (Lipinski definition) is 3. The van der Waals surface area contributed by atoms with Crippen LogP contribution in [0, 0.1) is 5.92 Å². The first kappa shape index (κ1) is 37.2. The molecule has 0 saturated heterocycles. The van der Waals surface area contributed by atoms with Crippen LogP contribution in [0.3, 0.4) is 0 Å². The van der Waals surface area contributed by atoms with Gasteiger partial charge in [0.05, 0.1) is 25.9 Å². The van der Waals surface area contributed by atoms with Crippen molar-refractivity contribution in [2.75, 3.05) is 44.6 Å². The summed E-state index contributed by atoms with van der Waals surface area (Å²) in [4.78, 5) is 12.8. The van der Waals surface area contributed by atoms with E-state index < -0.39 is 35.0 Å². The third-order valence-corrected chi connectivity index (χ3v) is 6.22. The number of rotatable bonds is 13. The number of carbonyl (C=O) groups is 1. The monoisotopic (exact) mass is 589 g/mol. The van der Waals surface area contributed by atoms with Crippen molar-refractivity contribution >= 4 is 22.4 Å². The number of ether oxygens (including phenoxy) is 2. The summed E-state index contributed by atoms with van der Waals surface area (Å²) in [6.07, 6.45) is -2.58.